The van der Waals surface area contributed by atoms with Gasteiger partial charge >= 0.3 is 0 Å². The molecule has 0 radical (unpaired) electrons. The molecule has 1 aromatic carbocycles. The second-order valence-corrected chi connectivity index (χ2v) is 4.62. The molecule has 1 aliphatic carbocycles. The van der Waals surface area contributed by atoms with Gasteiger partial charge in [0.1, 0.15) is 5.76 Å². The van der Waals surface area contributed by atoms with Crippen molar-refractivity contribution in [1.82, 2.24) is 0 Å². The average Bonchev–Trinajstić information content (AvgIpc) is 2.36. The number of carbonyl (C=O) groups excluding carboxylic acids is 2. The van der Waals surface area contributed by atoms with Gasteiger partial charge in [-0.3, -0.25) is 9.59 Å². The van der Waals surface area contributed by atoms with Crippen LogP contribution in [-0.4, -0.2) is 16.7 Å². The molecule has 1 N–H and O–H groups in total. The van der Waals surface area contributed by atoms with E-state index in [2.05, 4.69) is 0 Å². The van der Waals surface area contributed by atoms with Crippen molar-refractivity contribution in [2.45, 2.75) is 13.3 Å². The van der Waals surface area contributed by atoms with Gasteiger partial charge in [-0.15, -0.1) is 0 Å². The monoisotopic (exact) mass is 262 g/mol. The zero-order valence-electron chi connectivity index (χ0n) is 9.74. The maximum atomic E-state index is 11.9. The smallest absolute Gasteiger partial charge is 0.234 e. The first-order valence-corrected chi connectivity index (χ1v) is 5.83. The standard InChI is InChI=1S/C14H11ClO3/c1-8(15)6-7-11-12(16)9-4-2-3-5-10(9)13(17)14(11)18/h2-6,16H,7H2,1H3. The first kappa shape index (κ1) is 12.6. The molecule has 0 saturated carbocycles. The third-order valence-corrected chi connectivity index (χ3v) is 2.93. The number of allylic oxidation sites excluding steroid dienone is 3. The highest BCUT2D eigenvalue weighted by Gasteiger charge is 2.31. The zero-order valence-corrected chi connectivity index (χ0v) is 10.5. The maximum absolute atomic E-state index is 11.9. The first-order valence-electron chi connectivity index (χ1n) is 5.45. The molecule has 0 aliphatic heterocycles. The van der Waals surface area contributed by atoms with Crippen LogP contribution < -0.4 is 0 Å². The van der Waals surface area contributed by atoms with E-state index in [-0.39, 0.29) is 23.3 Å². The molecule has 0 amide bonds. The highest BCUT2D eigenvalue weighted by Crippen LogP contribution is 2.29. The van der Waals surface area contributed by atoms with Gasteiger partial charge < -0.3 is 5.11 Å². The number of fused-ring (bicyclic) bond motifs is 1. The van der Waals surface area contributed by atoms with Crippen molar-refractivity contribution >= 4 is 28.9 Å². The van der Waals surface area contributed by atoms with Crippen LogP contribution in [0, 0.1) is 0 Å². The molecule has 0 atom stereocenters. The minimum absolute atomic E-state index is 0.0960. The molecule has 4 heteroatoms. The normalized spacial score (nSPS) is 16.0. The third kappa shape index (κ3) is 2.09. The van der Waals surface area contributed by atoms with Crippen molar-refractivity contribution in [2.24, 2.45) is 0 Å². The summed E-state index contributed by atoms with van der Waals surface area (Å²) in [5.74, 6) is -1.39. The summed E-state index contributed by atoms with van der Waals surface area (Å²) in [6.07, 6.45) is 1.74. The fraction of sp³-hybridized carbons (Fsp3) is 0.143. The Morgan fingerprint density at radius 3 is 2.44 bits per heavy atom. The van der Waals surface area contributed by atoms with Gasteiger partial charge in [-0.25, -0.2) is 0 Å². The van der Waals surface area contributed by atoms with Crippen LogP contribution in [0.5, 0.6) is 0 Å². The SMILES string of the molecule is CC(Cl)=CCC1=C(O)c2ccccc2C(=O)C1=O. The number of hydrogen-bond acceptors (Lipinski definition) is 3. The summed E-state index contributed by atoms with van der Waals surface area (Å²) in [7, 11) is 0. The molecule has 0 spiro atoms. The lowest BCUT2D eigenvalue weighted by molar-refractivity contribution is -0.112. The fourth-order valence-electron chi connectivity index (χ4n) is 1.85. The van der Waals surface area contributed by atoms with E-state index in [1.165, 1.54) is 6.07 Å². The molecule has 3 nitrogen and oxygen atoms in total. The Bertz CT molecular complexity index is 593. The molecule has 2 rings (SSSR count). The largest absolute Gasteiger partial charge is 0.507 e. The molecule has 0 saturated heterocycles. The highest BCUT2D eigenvalue weighted by atomic mass is 35.5. The highest BCUT2D eigenvalue weighted by molar-refractivity contribution is 6.52. The van der Waals surface area contributed by atoms with Crippen molar-refractivity contribution < 1.29 is 14.7 Å². The summed E-state index contributed by atoms with van der Waals surface area (Å²) in [6, 6.07) is 6.51. The summed E-state index contributed by atoms with van der Waals surface area (Å²) in [4.78, 5) is 23.7. The molecule has 0 heterocycles. The van der Waals surface area contributed by atoms with Gasteiger partial charge in [-0.05, 0) is 13.3 Å². The van der Waals surface area contributed by atoms with E-state index in [4.69, 9.17) is 11.6 Å². The van der Waals surface area contributed by atoms with Gasteiger partial charge in [0, 0.05) is 21.7 Å². The van der Waals surface area contributed by atoms with Crippen LogP contribution in [-0.2, 0) is 4.79 Å². The summed E-state index contributed by atoms with van der Waals surface area (Å²) >= 11 is 5.69. The van der Waals surface area contributed by atoms with Crippen molar-refractivity contribution in [3.63, 3.8) is 0 Å². The number of aliphatic hydroxyl groups is 1. The maximum Gasteiger partial charge on any atom is 0.234 e. The Kier molecular flexibility index (Phi) is 3.34. The molecule has 0 unspecified atom stereocenters. The molecule has 0 aromatic heterocycles. The molecular formula is C14H11ClO3. The van der Waals surface area contributed by atoms with Crippen LogP contribution in [0.15, 0.2) is 40.9 Å². The Hall–Kier alpha value is -1.87. The molecule has 0 fully saturated rings. The predicted molar refractivity (Wildman–Crippen MR) is 69.6 cm³/mol. The average molecular weight is 263 g/mol. The van der Waals surface area contributed by atoms with Gasteiger partial charge in [0.25, 0.3) is 0 Å². The molecule has 0 bridgehead atoms. The Balaban J connectivity index is 2.55. The van der Waals surface area contributed by atoms with E-state index in [1.807, 2.05) is 0 Å². The van der Waals surface area contributed by atoms with Gasteiger partial charge in [0.2, 0.25) is 11.6 Å². The summed E-state index contributed by atoms with van der Waals surface area (Å²) in [5.41, 5.74) is 0.742. The molecule has 1 aromatic rings. The lowest BCUT2D eigenvalue weighted by Gasteiger charge is -2.16. The van der Waals surface area contributed by atoms with Crippen LogP contribution >= 0.6 is 11.6 Å². The number of halogens is 1. The third-order valence-electron chi connectivity index (χ3n) is 2.78. The minimum atomic E-state index is -0.666. The Morgan fingerprint density at radius 1 is 1.22 bits per heavy atom. The minimum Gasteiger partial charge on any atom is -0.507 e. The van der Waals surface area contributed by atoms with Crippen LogP contribution in [0.3, 0.4) is 0 Å². The number of ketones is 2. The number of hydrogen-bond donors (Lipinski definition) is 1. The van der Waals surface area contributed by atoms with Crippen molar-refractivity contribution in [3.8, 4) is 0 Å². The summed E-state index contributed by atoms with van der Waals surface area (Å²) in [5, 5.41) is 10.6. The summed E-state index contributed by atoms with van der Waals surface area (Å²) in [6.45, 7) is 1.67. The van der Waals surface area contributed by atoms with E-state index in [9.17, 15) is 14.7 Å². The predicted octanol–water partition coefficient (Wildman–Crippen LogP) is 3.25. The van der Waals surface area contributed by atoms with Crippen LogP contribution in [0.2, 0.25) is 0 Å². The fourth-order valence-corrected chi connectivity index (χ4v) is 1.93. The van der Waals surface area contributed by atoms with E-state index in [1.54, 1.807) is 31.2 Å². The second-order valence-electron chi connectivity index (χ2n) is 4.03. The van der Waals surface area contributed by atoms with Crippen LogP contribution in [0.1, 0.15) is 29.3 Å². The first-order chi connectivity index (χ1) is 8.52. The van der Waals surface area contributed by atoms with Crippen LogP contribution in [0.4, 0.5) is 0 Å². The lowest BCUT2D eigenvalue weighted by Crippen LogP contribution is -2.23. The zero-order chi connectivity index (χ0) is 13.3. The van der Waals surface area contributed by atoms with Gasteiger partial charge in [-0.1, -0.05) is 41.9 Å². The lowest BCUT2D eigenvalue weighted by atomic mass is 9.87. The topological polar surface area (TPSA) is 54.4 Å². The number of aliphatic hydroxyl groups excluding tert-OH is 1. The van der Waals surface area contributed by atoms with E-state index < -0.39 is 11.6 Å². The second kappa shape index (κ2) is 4.78. The van der Waals surface area contributed by atoms with E-state index >= 15 is 0 Å². The quantitative estimate of drug-likeness (QED) is 0.833. The van der Waals surface area contributed by atoms with E-state index in [0.717, 1.165) is 0 Å². The molecule has 92 valence electrons. The molecular weight excluding hydrogens is 252 g/mol. The molecule has 1 aliphatic rings. The van der Waals surface area contributed by atoms with Crippen molar-refractivity contribution in [1.29, 1.82) is 0 Å². The Labute approximate surface area is 109 Å². The number of rotatable bonds is 2. The van der Waals surface area contributed by atoms with Gasteiger partial charge in [0.05, 0.1) is 0 Å². The van der Waals surface area contributed by atoms with Gasteiger partial charge in [-0.2, -0.15) is 0 Å². The van der Waals surface area contributed by atoms with Crippen LogP contribution in [0.25, 0.3) is 5.76 Å². The number of benzene rings is 1. The summed E-state index contributed by atoms with van der Waals surface area (Å²) < 4.78 is 0. The van der Waals surface area contributed by atoms with Crippen molar-refractivity contribution in [2.75, 3.05) is 0 Å². The number of Topliss-reactive ketones (excluding diaryl/α,β-unsaturated/α-hetero) is 2. The Morgan fingerprint density at radius 2 is 1.83 bits per heavy atom. The van der Waals surface area contributed by atoms with E-state index in [0.29, 0.717) is 10.6 Å². The number of carbonyl (C=O) groups is 2. The van der Waals surface area contributed by atoms with Crippen molar-refractivity contribution in [3.05, 3.63) is 52.1 Å². The van der Waals surface area contributed by atoms with Gasteiger partial charge in [0.15, 0.2) is 0 Å². The molecule has 18 heavy (non-hydrogen) atoms.